The molecule has 0 aliphatic rings. The zero-order valence-electron chi connectivity index (χ0n) is 12.5. The fourth-order valence-electron chi connectivity index (χ4n) is 2.51. The second-order valence-electron chi connectivity index (χ2n) is 4.87. The molecule has 3 aromatic rings. The van der Waals surface area contributed by atoms with Crippen LogP contribution < -0.4 is 5.73 Å². The van der Waals surface area contributed by atoms with Crippen molar-refractivity contribution in [3.8, 4) is 11.1 Å². The first-order valence-corrected chi connectivity index (χ1v) is 7.11. The molecule has 1 aromatic carbocycles. The summed E-state index contributed by atoms with van der Waals surface area (Å²) in [6.45, 7) is 3.96. The van der Waals surface area contributed by atoms with E-state index in [1.54, 1.807) is 0 Å². The van der Waals surface area contributed by atoms with Crippen molar-refractivity contribution in [2.24, 2.45) is 0 Å². The molecule has 0 spiro atoms. The van der Waals surface area contributed by atoms with E-state index in [1.165, 1.54) is 0 Å². The van der Waals surface area contributed by atoms with Crippen LogP contribution in [-0.4, -0.2) is 20.4 Å². The molecule has 3 rings (SSSR count). The van der Waals surface area contributed by atoms with Crippen molar-refractivity contribution in [2.45, 2.75) is 13.8 Å². The molecule has 0 bridgehead atoms. The first-order chi connectivity index (χ1) is 10.8. The van der Waals surface area contributed by atoms with Crippen LogP contribution in [0.5, 0.6) is 0 Å². The summed E-state index contributed by atoms with van der Waals surface area (Å²) in [6.07, 6.45) is 6.01. The molecule has 22 heavy (non-hydrogen) atoms. The molecule has 0 aliphatic heterocycles. The predicted molar refractivity (Wildman–Crippen MR) is 90.0 cm³/mol. The van der Waals surface area contributed by atoms with Gasteiger partial charge in [-0.1, -0.05) is 48.6 Å². The maximum atomic E-state index is 6.08. The lowest BCUT2D eigenvalue weighted by Gasteiger charge is -2.10. The molecule has 0 saturated carbocycles. The molecule has 0 aliphatic carbocycles. The van der Waals surface area contributed by atoms with Gasteiger partial charge >= 0.3 is 0 Å². The van der Waals surface area contributed by atoms with Crippen molar-refractivity contribution >= 4 is 22.4 Å². The molecule has 5 nitrogen and oxygen atoms in total. The van der Waals surface area contributed by atoms with E-state index in [0.29, 0.717) is 11.5 Å². The first-order valence-electron chi connectivity index (χ1n) is 7.11. The fraction of sp³-hybridized carbons (Fsp3) is 0.118. The van der Waals surface area contributed by atoms with Gasteiger partial charge in [0.05, 0.1) is 5.39 Å². The highest BCUT2D eigenvalue weighted by atomic mass is 15.2. The largest absolute Gasteiger partial charge is 0.383 e. The number of nitrogens with zero attached hydrogens (tertiary/aromatic N) is 3. The van der Waals surface area contributed by atoms with Gasteiger partial charge in [0.1, 0.15) is 11.5 Å². The Hall–Kier alpha value is -2.95. The Morgan fingerprint density at radius 3 is 2.59 bits per heavy atom. The molecule has 5 heteroatoms. The van der Waals surface area contributed by atoms with Gasteiger partial charge in [-0.15, -0.1) is 10.2 Å². The van der Waals surface area contributed by atoms with Crippen LogP contribution in [0.4, 0.5) is 5.82 Å². The molecule has 3 N–H and O–H groups in total. The lowest BCUT2D eigenvalue weighted by Crippen LogP contribution is -1.98. The molecule has 0 unspecified atom stereocenters. The van der Waals surface area contributed by atoms with Crippen molar-refractivity contribution in [2.75, 3.05) is 5.73 Å². The molecular weight excluding hydrogens is 274 g/mol. The summed E-state index contributed by atoms with van der Waals surface area (Å²) < 4.78 is 0. The Labute approximate surface area is 128 Å². The molecule has 2 aromatic heterocycles. The Morgan fingerprint density at radius 2 is 1.91 bits per heavy atom. The number of nitrogen functional groups attached to an aromatic ring is 1. The third-order valence-corrected chi connectivity index (χ3v) is 3.50. The molecule has 0 saturated heterocycles. The number of allylic oxidation sites excluding steroid dienone is 4. The Morgan fingerprint density at radius 1 is 1.14 bits per heavy atom. The minimum Gasteiger partial charge on any atom is -0.383 e. The van der Waals surface area contributed by atoms with Crippen LogP contribution >= 0.6 is 0 Å². The summed E-state index contributed by atoms with van der Waals surface area (Å²) in [6, 6.07) is 10.0. The third kappa shape index (κ3) is 2.26. The van der Waals surface area contributed by atoms with Gasteiger partial charge in [-0.2, -0.15) is 5.10 Å². The number of rotatable bonds is 3. The van der Waals surface area contributed by atoms with Crippen LogP contribution in [0, 0.1) is 0 Å². The molecule has 2 heterocycles. The molecule has 0 amide bonds. The van der Waals surface area contributed by atoms with Crippen molar-refractivity contribution in [1.82, 2.24) is 20.4 Å². The number of nitrogens with one attached hydrogen (secondary N) is 1. The molecule has 0 atom stereocenters. The summed E-state index contributed by atoms with van der Waals surface area (Å²) in [7, 11) is 0. The van der Waals surface area contributed by atoms with Crippen LogP contribution in [0.2, 0.25) is 0 Å². The fourth-order valence-corrected chi connectivity index (χ4v) is 2.51. The van der Waals surface area contributed by atoms with Gasteiger partial charge in [0.2, 0.25) is 5.65 Å². The quantitative estimate of drug-likeness (QED) is 0.723. The maximum Gasteiger partial charge on any atom is 0.205 e. The highest BCUT2D eigenvalue weighted by molar-refractivity contribution is 6.03. The summed E-state index contributed by atoms with van der Waals surface area (Å²) in [4.78, 5) is 0. The van der Waals surface area contributed by atoms with Gasteiger partial charge in [0.15, 0.2) is 0 Å². The van der Waals surface area contributed by atoms with Gasteiger partial charge in [0.25, 0.3) is 0 Å². The number of hydrogen-bond donors (Lipinski definition) is 2. The summed E-state index contributed by atoms with van der Waals surface area (Å²) in [5.74, 6) is 0.501. The molecular formula is C17H17N5. The molecule has 0 radical (unpaired) electrons. The van der Waals surface area contributed by atoms with Crippen LogP contribution in [-0.2, 0) is 0 Å². The maximum absolute atomic E-state index is 6.08. The lowest BCUT2D eigenvalue weighted by atomic mass is 9.97. The second kappa shape index (κ2) is 5.81. The predicted octanol–water partition coefficient (Wildman–Crippen LogP) is 3.58. The lowest BCUT2D eigenvalue weighted by molar-refractivity contribution is 1.01. The van der Waals surface area contributed by atoms with Crippen LogP contribution in [0.25, 0.3) is 27.7 Å². The van der Waals surface area contributed by atoms with Crippen molar-refractivity contribution in [3.05, 3.63) is 54.3 Å². The summed E-state index contributed by atoms with van der Waals surface area (Å²) >= 11 is 0. The van der Waals surface area contributed by atoms with E-state index in [2.05, 4.69) is 20.4 Å². The van der Waals surface area contributed by atoms with Crippen molar-refractivity contribution in [1.29, 1.82) is 0 Å². The number of benzene rings is 1. The summed E-state index contributed by atoms with van der Waals surface area (Å²) in [5.41, 5.74) is 10.4. The smallest absolute Gasteiger partial charge is 0.205 e. The average Bonchev–Trinajstić information content (AvgIpc) is 2.94. The standard InChI is InChI=1S/C17H17N5/c1-3-8-11(4-2)15-13(12-9-6-5-7-10-12)14-16(18)20-22-17(14)21-19-15/h3-10H,1-2H3,(H3,18,20,21,22)/b8-3-,11-4+. The Bertz CT molecular complexity index is 859. The number of nitrogens with two attached hydrogens (primary N) is 1. The number of H-pyrrole nitrogens is 1. The van der Waals surface area contributed by atoms with Crippen LogP contribution in [0.15, 0.2) is 48.6 Å². The number of aromatic nitrogens is 4. The monoisotopic (exact) mass is 291 g/mol. The number of anilines is 1. The highest BCUT2D eigenvalue weighted by Crippen LogP contribution is 2.35. The SMILES string of the molecule is C/C=C\C(=C/C)c1nnc2n[nH]c(N)c2c1-c1ccccc1. The van der Waals surface area contributed by atoms with Gasteiger partial charge < -0.3 is 5.73 Å². The second-order valence-corrected chi connectivity index (χ2v) is 4.87. The van der Waals surface area contributed by atoms with E-state index in [4.69, 9.17) is 5.73 Å². The Kier molecular flexibility index (Phi) is 3.70. The van der Waals surface area contributed by atoms with Gasteiger partial charge in [-0.3, -0.25) is 5.10 Å². The van der Waals surface area contributed by atoms with E-state index in [-0.39, 0.29) is 0 Å². The minimum absolute atomic E-state index is 0.501. The minimum atomic E-state index is 0.501. The molecule has 110 valence electrons. The zero-order valence-corrected chi connectivity index (χ0v) is 12.5. The Balaban J connectivity index is 2.40. The van der Waals surface area contributed by atoms with Crippen molar-refractivity contribution in [3.63, 3.8) is 0 Å². The molecule has 0 fully saturated rings. The van der Waals surface area contributed by atoms with Crippen LogP contribution in [0.1, 0.15) is 19.5 Å². The van der Waals surface area contributed by atoms with Gasteiger partial charge in [0, 0.05) is 5.56 Å². The highest BCUT2D eigenvalue weighted by Gasteiger charge is 2.18. The number of fused-ring (bicyclic) bond motifs is 1. The van der Waals surface area contributed by atoms with E-state index < -0.39 is 0 Å². The normalized spacial score (nSPS) is 12.4. The van der Waals surface area contributed by atoms with E-state index in [0.717, 1.165) is 27.8 Å². The first kappa shape index (κ1) is 14.0. The van der Waals surface area contributed by atoms with E-state index in [1.807, 2.05) is 62.4 Å². The topological polar surface area (TPSA) is 80.5 Å². The van der Waals surface area contributed by atoms with E-state index in [9.17, 15) is 0 Å². The third-order valence-electron chi connectivity index (χ3n) is 3.50. The van der Waals surface area contributed by atoms with Crippen molar-refractivity contribution < 1.29 is 0 Å². The zero-order chi connectivity index (χ0) is 15.5. The average molecular weight is 291 g/mol. The number of aromatic amines is 1. The number of hydrogen-bond acceptors (Lipinski definition) is 4. The van der Waals surface area contributed by atoms with Gasteiger partial charge in [-0.05, 0) is 25.0 Å². The summed E-state index contributed by atoms with van der Waals surface area (Å²) in [5, 5.41) is 16.3. The van der Waals surface area contributed by atoms with Gasteiger partial charge in [-0.25, -0.2) is 0 Å². The van der Waals surface area contributed by atoms with E-state index >= 15 is 0 Å². The van der Waals surface area contributed by atoms with Crippen LogP contribution in [0.3, 0.4) is 0 Å².